The van der Waals surface area contributed by atoms with E-state index in [0.717, 1.165) is 60.2 Å². The van der Waals surface area contributed by atoms with Crippen LogP contribution < -0.4 is 4.90 Å². The molecule has 1 aliphatic carbocycles. The summed E-state index contributed by atoms with van der Waals surface area (Å²) in [6.45, 7) is 8.51. The van der Waals surface area contributed by atoms with Crippen molar-refractivity contribution >= 4 is 17.4 Å². The van der Waals surface area contributed by atoms with Crippen molar-refractivity contribution in [3.05, 3.63) is 58.4 Å². The molecule has 4 rings (SSSR count). The van der Waals surface area contributed by atoms with Gasteiger partial charge in [-0.05, 0) is 43.2 Å². The van der Waals surface area contributed by atoms with Crippen molar-refractivity contribution < 1.29 is 9.59 Å². The zero-order chi connectivity index (χ0) is 23.0. The van der Waals surface area contributed by atoms with Crippen LogP contribution in [-0.2, 0) is 23.1 Å². The molecule has 0 spiro atoms. The SMILES string of the molecule is CCCCCC(=O)N1c2ccccc2CC2=C(C(=O)CC(C)(C)C2)[C@H]1c1cnn(C)c1C. The first-order chi connectivity index (χ1) is 15.2. The lowest BCUT2D eigenvalue weighted by Gasteiger charge is -2.37. The summed E-state index contributed by atoms with van der Waals surface area (Å²) in [6.07, 6.45) is 7.38. The smallest absolute Gasteiger partial charge is 0.227 e. The molecule has 2 aliphatic rings. The molecule has 5 heteroatoms. The third kappa shape index (κ3) is 4.05. The minimum Gasteiger partial charge on any atom is -0.300 e. The van der Waals surface area contributed by atoms with Gasteiger partial charge in [-0.15, -0.1) is 0 Å². The third-order valence-electron chi connectivity index (χ3n) is 7.03. The van der Waals surface area contributed by atoms with E-state index in [1.807, 2.05) is 47.9 Å². The molecule has 5 nitrogen and oxygen atoms in total. The number of carbonyl (C=O) groups excluding carboxylic acids is 2. The normalized spacial score (nSPS) is 20.1. The van der Waals surface area contributed by atoms with E-state index in [1.54, 1.807) is 0 Å². The molecule has 1 aromatic carbocycles. The summed E-state index contributed by atoms with van der Waals surface area (Å²) >= 11 is 0. The van der Waals surface area contributed by atoms with E-state index >= 15 is 0 Å². The van der Waals surface area contributed by atoms with Crippen molar-refractivity contribution in [3.8, 4) is 0 Å². The summed E-state index contributed by atoms with van der Waals surface area (Å²) < 4.78 is 1.84. The Hall–Kier alpha value is -2.69. The predicted molar refractivity (Wildman–Crippen MR) is 128 cm³/mol. The maximum Gasteiger partial charge on any atom is 0.227 e. The molecule has 32 heavy (non-hydrogen) atoms. The number of nitrogens with zero attached hydrogens (tertiary/aromatic N) is 3. The standard InChI is InChI=1S/C27H35N3O2/c1-6-7-8-13-24(32)30-22-12-10-9-11-19(22)14-20-15-27(3,4)16-23(31)25(20)26(30)21-17-28-29(5)18(21)2/h9-12,17,26H,6-8,13-16H2,1-5H3/t26-/m1/s1. The molecule has 0 bridgehead atoms. The number of amides is 1. The molecule has 170 valence electrons. The summed E-state index contributed by atoms with van der Waals surface area (Å²) in [5.41, 5.74) is 5.93. The first kappa shape index (κ1) is 22.5. The topological polar surface area (TPSA) is 55.2 Å². The highest BCUT2D eigenvalue weighted by molar-refractivity contribution is 6.04. The van der Waals surface area contributed by atoms with Gasteiger partial charge in [0.05, 0.1) is 12.2 Å². The zero-order valence-electron chi connectivity index (χ0n) is 20.1. The van der Waals surface area contributed by atoms with Crippen LogP contribution in [0.2, 0.25) is 0 Å². The zero-order valence-corrected chi connectivity index (χ0v) is 20.1. The van der Waals surface area contributed by atoms with Crippen molar-refractivity contribution in [2.24, 2.45) is 12.5 Å². The fraction of sp³-hybridized carbons (Fsp3) is 0.519. The van der Waals surface area contributed by atoms with Crippen LogP contribution in [0.1, 0.15) is 82.2 Å². The number of hydrogen-bond donors (Lipinski definition) is 0. The molecule has 1 amide bonds. The van der Waals surface area contributed by atoms with Gasteiger partial charge in [0.25, 0.3) is 0 Å². The van der Waals surface area contributed by atoms with Gasteiger partial charge in [-0.2, -0.15) is 5.10 Å². The Bertz CT molecular complexity index is 1080. The minimum absolute atomic E-state index is 0.0697. The van der Waals surface area contributed by atoms with E-state index in [1.165, 1.54) is 5.57 Å². The van der Waals surface area contributed by atoms with E-state index in [-0.39, 0.29) is 17.1 Å². The number of ketones is 1. The number of rotatable bonds is 5. The number of aryl methyl sites for hydroxylation is 1. The third-order valence-corrected chi connectivity index (χ3v) is 7.03. The van der Waals surface area contributed by atoms with E-state index in [2.05, 4.69) is 31.9 Å². The molecule has 0 saturated carbocycles. The van der Waals surface area contributed by atoms with Crippen molar-refractivity contribution in [3.63, 3.8) is 0 Å². The summed E-state index contributed by atoms with van der Waals surface area (Å²) in [5.74, 6) is 0.259. The molecule has 0 radical (unpaired) electrons. The van der Waals surface area contributed by atoms with Gasteiger partial charge in [-0.3, -0.25) is 14.3 Å². The predicted octanol–water partition coefficient (Wildman–Crippen LogP) is 5.62. The Morgan fingerprint density at radius 1 is 1.19 bits per heavy atom. The average Bonchev–Trinajstić information content (AvgIpc) is 2.97. The van der Waals surface area contributed by atoms with Gasteiger partial charge in [-0.25, -0.2) is 0 Å². The molecule has 0 N–H and O–H groups in total. The summed E-state index contributed by atoms with van der Waals surface area (Å²) in [4.78, 5) is 29.3. The second kappa shape index (κ2) is 8.68. The lowest BCUT2D eigenvalue weighted by Crippen LogP contribution is -2.39. The molecule has 0 saturated heterocycles. The first-order valence-electron chi connectivity index (χ1n) is 11.9. The summed E-state index contributed by atoms with van der Waals surface area (Å²) in [7, 11) is 1.91. The van der Waals surface area contributed by atoms with Crippen LogP contribution in [0.4, 0.5) is 5.69 Å². The molecule has 2 heterocycles. The largest absolute Gasteiger partial charge is 0.300 e. The second-order valence-electron chi connectivity index (χ2n) is 10.2. The molecular weight excluding hydrogens is 398 g/mol. The van der Waals surface area contributed by atoms with Crippen molar-refractivity contribution in [2.45, 2.75) is 78.7 Å². The lowest BCUT2D eigenvalue weighted by atomic mass is 9.70. The highest BCUT2D eigenvalue weighted by Crippen LogP contribution is 2.48. The van der Waals surface area contributed by atoms with Gasteiger partial charge in [-0.1, -0.05) is 57.4 Å². The maximum atomic E-state index is 13.8. The molecule has 0 fully saturated rings. The van der Waals surface area contributed by atoms with Crippen LogP contribution in [0.5, 0.6) is 0 Å². The number of anilines is 1. The quantitative estimate of drug-likeness (QED) is 0.575. The van der Waals surface area contributed by atoms with Crippen LogP contribution in [0.15, 0.2) is 41.6 Å². The number of carbonyl (C=O) groups is 2. The van der Waals surface area contributed by atoms with Gasteiger partial charge in [0.15, 0.2) is 5.78 Å². The van der Waals surface area contributed by atoms with Gasteiger partial charge in [0, 0.05) is 42.4 Å². The Labute approximate surface area is 191 Å². The van der Waals surface area contributed by atoms with E-state index in [9.17, 15) is 9.59 Å². The van der Waals surface area contributed by atoms with Crippen LogP contribution in [-0.4, -0.2) is 21.5 Å². The Morgan fingerprint density at radius 3 is 2.62 bits per heavy atom. The molecule has 0 unspecified atom stereocenters. The molecule has 1 aromatic heterocycles. The minimum atomic E-state index is -0.417. The Balaban J connectivity index is 1.94. The van der Waals surface area contributed by atoms with E-state index in [0.29, 0.717) is 12.8 Å². The van der Waals surface area contributed by atoms with Crippen LogP contribution >= 0.6 is 0 Å². The number of benzene rings is 1. The number of unbranched alkanes of at least 4 members (excludes halogenated alkanes) is 2. The fourth-order valence-corrected chi connectivity index (χ4v) is 5.36. The van der Waals surface area contributed by atoms with Crippen LogP contribution in [0, 0.1) is 12.3 Å². The molecule has 2 aromatic rings. The van der Waals surface area contributed by atoms with Crippen molar-refractivity contribution in [1.29, 1.82) is 0 Å². The number of hydrogen-bond acceptors (Lipinski definition) is 3. The van der Waals surface area contributed by atoms with Gasteiger partial charge < -0.3 is 4.90 Å². The maximum absolute atomic E-state index is 13.8. The molecular formula is C27H35N3O2. The average molecular weight is 434 g/mol. The second-order valence-corrected chi connectivity index (χ2v) is 10.2. The number of allylic oxidation sites excluding steroid dienone is 1. The molecule has 1 aliphatic heterocycles. The summed E-state index contributed by atoms with van der Waals surface area (Å²) in [5, 5.41) is 4.48. The Kier molecular flexibility index (Phi) is 6.11. The van der Waals surface area contributed by atoms with Crippen LogP contribution in [0.25, 0.3) is 0 Å². The summed E-state index contributed by atoms with van der Waals surface area (Å²) in [6, 6.07) is 7.76. The highest BCUT2D eigenvalue weighted by atomic mass is 16.2. The van der Waals surface area contributed by atoms with Gasteiger partial charge in [0.1, 0.15) is 0 Å². The van der Waals surface area contributed by atoms with Crippen LogP contribution in [0.3, 0.4) is 0 Å². The van der Waals surface area contributed by atoms with Crippen molar-refractivity contribution in [1.82, 2.24) is 9.78 Å². The number of aromatic nitrogens is 2. The van der Waals surface area contributed by atoms with Gasteiger partial charge >= 0.3 is 0 Å². The number of fused-ring (bicyclic) bond motifs is 1. The highest BCUT2D eigenvalue weighted by Gasteiger charge is 2.43. The monoisotopic (exact) mass is 433 g/mol. The number of Topliss-reactive ketones (excluding diaryl/α,β-unsaturated/α-hetero) is 1. The number of para-hydroxylation sites is 1. The Morgan fingerprint density at radius 2 is 1.94 bits per heavy atom. The van der Waals surface area contributed by atoms with E-state index < -0.39 is 6.04 Å². The lowest BCUT2D eigenvalue weighted by molar-refractivity contribution is -0.119. The van der Waals surface area contributed by atoms with E-state index in [4.69, 9.17) is 0 Å². The van der Waals surface area contributed by atoms with Gasteiger partial charge in [0.2, 0.25) is 5.91 Å². The van der Waals surface area contributed by atoms with Crippen molar-refractivity contribution in [2.75, 3.05) is 4.90 Å². The first-order valence-corrected chi connectivity index (χ1v) is 11.9. The molecule has 1 atom stereocenters. The fourth-order valence-electron chi connectivity index (χ4n) is 5.36.